The zero-order chi connectivity index (χ0) is 17.2. The van der Waals surface area contributed by atoms with E-state index in [0.29, 0.717) is 0 Å². The molecule has 23 heavy (non-hydrogen) atoms. The quantitative estimate of drug-likeness (QED) is 0.260. The van der Waals surface area contributed by atoms with Crippen LogP contribution in [0.15, 0.2) is 12.2 Å². The minimum atomic E-state index is -1.25. The van der Waals surface area contributed by atoms with Gasteiger partial charge in [-0.05, 0) is 12.8 Å². The van der Waals surface area contributed by atoms with Crippen LogP contribution in [-0.4, -0.2) is 22.3 Å². The van der Waals surface area contributed by atoms with Gasteiger partial charge >= 0.3 is 5.97 Å². The molecule has 0 spiro atoms. The van der Waals surface area contributed by atoms with Gasteiger partial charge in [-0.1, -0.05) is 96.1 Å². The lowest BCUT2D eigenvalue weighted by atomic mass is 10.0. The highest BCUT2D eigenvalue weighted by atomic mass is 16.4. The van der Waals surface area contributed by atoms with Crippen LogP contribution in [0.25, 0.3) is 0 Å². The third kappa shape index (κ3) is 17.4. The third-order valence-corrected chi connectivity index (χ3v) is 4.29. The Hall–Kier alpha value is -0.830. The zero-order valence-corrected chi connectivity index (χ0v) is 15.1. The van der Waals surface area contributed by atoms with Crippen molar-refractivity contribution >= 4 is 5.97 Å². The highest BCUT2D eigenvalue weighted by Gasteiger charge is 2.09. The molecule has 1 atom stereocenters. The lowest BCUT2D eigenvalue weighted by Gasteiger charge is -2.02. The van der Waals surface area contributed by atoms with E-state index in [0.717, 1.165) is 12.8 Å². The number of carboxylic acids is 1. The summed E-state index contributed by atoms with van der Waals surface area (Å²) in [4.78, 5) is 10.4. The molecule has 0 aromatic heterocycles. The predicted molar refractivity (Wildman–Crippen MR) is 97.7 cm³/mol. The molecule has 0 fully saturated rings. The maximum absolute atomic E-state index is 10.4. The topological polar surface area (TPSA) is 57.5 Å². The second-order valence-electron chi connectivity index (χ2n) is 6.59. The molecule has 0 saturated heterocycles. The highest BCUT2D eigenvalue weighted by molar-refractivity contribution is 5.72. The summed E-state index contributed by atoms with van der Waals surface area (Å²) < 4.78 is 0. The first-order valence-electron chi connectivity index (χ1n) is 9.74. The Morgan fingerprint density at radius 3 is 1.65 bits per heavy atom. The SMILES string of the molecule is CCCCCCCCCCCCCCC/C=C/CC(O)C(=O)O. The van der Waals surface area contributed by atoms with Gasteiger partial charge in [0.25, 0.3) is 0 Å². The lowest BCUT2D eigenvalue weighted by molar-refractivity contribution is -0.146. The molecule has 0 amide bonds. The Morgan fingerprint density at radius 2 is 1.22 bits per heavy atom. The first kappa shape index (κ1) is 22.2. The van der Waals surface area contributed by atoms with Crippen molar-refractivity contribution in [2.24, 2.45) is 0 Å². The van der Waals surface area contributed by atoms with Gasteiger partial charge in [0.2, 0.25) is 0 Å². The summed E-state index contributed by atoms with van der Waals surface area (Å²) in [6.45, 7) is 2.26. The summed E-state index contributed by atoms with van der Waals surface area (Å²) in [5.41, 5.74) is 0. The molecule has 136 valence electrons. The number of aliphatic carboxylic acids is 1. The Balaban J connectivity index is 3.13. The summed E-state index contributed by atoms with van der Waals surface area (Å²) in [5, 5.41) is 17.6. The number of rotatable bonds is 17. The molecule has 0 aromatic rings. The number of carboxylic acid groups (broad SMARTS) is 1. The van der Waals surface area contributed by atoms with Crippen LogP contribution in [-0.2, 0) is 4.79 Å². The van der Waals surface area contributed by atoms with E-state index in [2.05, 4.69) is 6.92 Å². The van der Waals surface area contributed by atoms with Crippen molar-refractivity contribution < 1.29 is 15.0 Å². The molecule has 3 heteroatoms. The summed E-state index contributed by atoms with van der Waals surface area (Å²) in [6, 6.07) is 0. The molecule has 0 rings (SSSR count). The molecule has 0 bridgehead atoms. The van der Waals surface area contributed by atoms with Gasteiger partial charge in [0.15, 0.2) is 6.10 Å². The number of hydrogen-bond acceptors (Lipinski definition) is 2. The van der Waals surface area contributed by atoms with Crippen LogP contribution in [0.1, 0.15) is 103 Å². The second-order valence-corrected chi connectivity index (χ2v) is 6.59. The normalized spacial score (nSPS) is 12.8. The van der Waals surface area contributed by atoms with Crippen molar-refractivity contribution in [3.8, 4) is 0 Å². The van der Waals surface area contributed by atoms with Crippen LogP contribution in [0.2, 0.25) is 0 Å². The highest BCUT2D eigenvalue weighted by Crippen LogP contribution is 2.13. The smallest absolute Gasteiger partial charge is 0.332 e. The molecule has 0 aliphatic carbocycles. The molecule has 0 heterocycles. The molecule has 3 nitrogen and oxygen atoms in total. The van der Waals surface area contributed by atoms with Gasteiger partial charge in [0.05, 0.1) is 0 Å². The minimum Gasteiger partial charge on any atom is -0.479 e. The fourth-order valence-electron chi connectivity index (χ4n) is 2.72. The summed E-state index contributed by atoms with van der Waals surface area (Å²) >= 11 is 0. The number of unbranched alkanes of at least 4 members (excludes halogenated alkanes) is 13. The van der Waals surface area contributed by atoms with E-state index in [1.54, 1.807) is 6.08 Å². The maximum atomic E-state index is 10.4. The zero-order valence-electron chi connectivity index (χ0n) is 15.1. The Morgan fingerprint density at radius 1 is 0.783 bits per heavy atom. The van der Waals surface area contributed by atoms with Gasteiger partial charge in [-0.3, -0.25) is 0 Å². The first-order chi connectivity index (χ1) is 11.2. The average molecular weight is 327 g/mol. The number of aliphatic hydroxyl groups excluding tert-OH is 1. The van der Waals surface area contributed by atoms with Crippen LogP contribution in [0.5, 0.6) is 0 Å². The largest absolute Gasteiger partial charge is 0.479 e. The molecule has 0 aromatic carbocycles. The van der Waals surface area contributed by atoms with Crippen LogP contribution in [0, 0.1) is 0 Å². The summed E-state index contributed by atoms with van der Waals surface area (Å²) in [6.07, 6.45) is 21.4. The molecule has 1 unspecified atom stereocenters. The van der Waals surface area contributed by atoms with Gasteiger partial charge in [-0.2, -0.15) is 0 Å². The molecular weight excluding hydrogens is 288 g/mol. The standard InChI is InChI=1S/C20H38O3/c1-2-3-4-5-6-7-8-9-10-11-12-13-14-15-16-17-18-19(21)20(22)23/h16-17,19,21H,2-15,18H2,1H3,(H,22,23)/b17-16+. The van der Waals surface area contributed by atoms with Crippen LogP contribution < -0.4 is 0 Å². The van der Waals surface area contributed by atoms with Crippen molar-refractivity contribution in [2.45, 2.75) is 109 Å². The predicted octanol–water partition coefficient (Wildman–Crippen LogP) is 5.86. The van der Waals surface area contributed by atoms with Gasteiger partial charge in [-0.25, -0.2) is 4.79 Å². The van der Waals surface area contributed by atoms with Crippen molar-refractivity contribution in [1.82, 2.24) is 0 Å². The van der Waals surface area contributed by atoms with E-state index in [9.17, 15) is 4.79 Å². The van der Waals surface area contributed by atoms with Crippen molar-refractivity contribution in [2.75, 3.05) is 0 Å². The maximum Gasteiger partial charge on any atom is 0.332 e. The molecule has 0 aliphatic heterocycles. The first-order valence-corrected chi connectivity index (χ1v) is 9.74. The van der Waals surface area contributed by atoms with Gasteiger partial charge < -0.3 is 10.2 Å². The number of hydrogen-bond donors (Lipinski definition) is 2. The Bertz CT molecular complexity index is 287. The monoisotopic (exact) mass is 326 g/mol. The fraction of sp³-hybridized carbons (Fsp3) is 0.850. The van der Waals surface area contributed by atoms with Crippen LogP contribution >= 0.6 is 0 Å². The van der Waals surface area contributed by atoms with Crippen molar-refractivity contribution in [1.29, 1.82) is 0 Å². The summed E-state index contributed by atoms with van der Waals surface area (Å²) in [7, 11) is 0. The Labute approximate surface area is 143 Å². The van der Waals surface area contributed by atoms with E-state index in [4.69, 9.17) is 10.2 Å². The van der Waals surface area contributed by atoms with Crippen molar-refractivity contribution in [3.63, 3.8) is 0 Å². The third-order valence-electron chi connectivity index (χ3n) is 4.29. The molecule has 0 saturated carbocycles. The number of carbonyl (C=O) groups is 1. The molecule has 2 N–H and O–H groups in total. The van der Waals surface area contributed by atoms with Gasteiger partial charge in [0, 0.05) is 6.42 Å². The molecule has 0 aliphatic rings. The minimum absolute atomic E-state index is 0.216. The Kier molecular flexibility index (Phi) is 16.9. The van der Waals surface area contributed by atoms with Gasteiger partial charge in [-0.15, -0.1) is 0 Å². The summed E-state index contributed by atoms with van der Waals surface area (Å²) in [5.74, 6) is -1.14. The van der Waals surface area contributed by atoms with Crippen LogP contribution in [0.3, 0.4) is 0 Å². The van der Waals surface area contributed by atoms with E-state index in [1.807, 2.05) is 6.08 Å². The number of allylic oxidation sites excluding steroid dienone is 1. The van der Waals surface area contributed by atoms with E-state index in [1.165, 1.54) is 77.0 Å². The number of aliphatic hydroxyl groups is 1. The van der Waals surface area contributed by atoms with Crippen molar-refractivity contribution in [3.05, 3.63) is 12.2 Å². The fourth-order valence-corrected chi connectivity index (χ4v) is 2.72. The lowest BCUT2D eigenvalue weighted by Crippen LogP contribution is -2.17. The van der Waals surface area contributed by atoms with Crippen LogP contribution in [0.4, 0.5) is 0 Å². The van der Waals surface area contributed by atoms with E-state index < -0.39 is 12.1 Å². The van der Waals surface area contributed by atoms with E-state index >= 15 is 0 Å². The average Bonchev–Trinajstić information content (AvgIpc) is 2.54. The second kappa shape index (κ2) is 17.5. The van der Waals surface area contributed by atoms with Gasteiger partial charge in [0.1, 0.15) is 0 Å². The molecular formula is C20H38O3. The van der Waals surface area contributed by atoms with E-state index in [-0.39, 0.29) is 6.42 Å². The molecule has 0 radical (unpaired) electrons.